The van der Waals surface area contributed by atoms with E-state index in [2.05, 4.69) is 25.1 Å². The average Bonchev–Trinajstić information content (AvgIpc) is 3.50. The van der Waals surface area contributed by atoms with Gasteiger partial charge in [0.2, 0.25) is 5.88 Å². The fourth-order valence-corrected chi connectivity index (χ4v) is 5.10. The van der Waals surface area contributed by atoms with E-state index in [4.69, 9.17) is 4.74 Å². The number of anilines is 1. The van der Waals surface area contributed by atoms with Crippen LogP contribution in [0, 0.1) is 0 Å². The molecule has 0 amide bonds. The van der Waals surface area contributed by atoms with E-state index in [0.29, 0.717) is 22.8 Å². The summed E-state index contributed by atoms with van der Waals surface area (Å²) in [6.07, 6.45) is 5.58. The standard InChI is InChI=1S/C26H30N6O3S/c1-30(2)11-12-35-20-3-4-21-19(13-20)16-32(25(21)34)26-29-22(17-36-26)24(33)14-18-15-28-6-5-23(18)31-9-7-27-8-10-31/h3-6,13,15-17,27,34H,7-12,14H2,1-2H3. The fraction of sp³-hybridized carbons (Fsp3) is 0.346. The van der Waals surface area contributed by atoms with Gasteiger partial charge in [0.1, 0.15) is 18.1 Å². The lowest BCUT2D eigenvalue weighted by atomic mass is 10.1. The molecule has 1 aromatic carbocycles. The van der Waals surface area contributed by atoms with Crippen LogP contribution in [0.25, 0.3) is 15.9 Å². The molecule has 2 N–H and O–H groups in total. The summed E-state index contributed by atoms with van der Waals surface area (Å²) in [7, 11) is 4.00. The Morgan fingerprint density at radius 1 is 1.25 bits per heavy atom. The Labute approximate surface area is 214 Å². The van der Waals surface area contributed by atoms with Crippen LogP contribution in [0.15, 0.2) is 48.2 Å². The number of pyridine rings is 1. The molecule has 0 bridgehead atoms. The Morgan fingerprint density at radius 3 is 2.89 bits per heavy atom. The lowest BCUT2D eigenvalue weighted by Gasteiger charge is -2.30. The Hall–Kier alpha value is -3.47. The number of ether oxygens (including phenoxy) is 1. The summed E-state index contributed by atoms with van der Waals surface area (Å²) in [4.78, 5) is 26.3. The van der Waals surface area contributed by atoms with E-state index in [1.165, 1.54) is 11.3 Å². The molecule has 4 heterocycles. The lowest BCUT2D eigenvalue weighted by Crippen LogP contribution is -2.44. The number of benzene rings is 1. The Kier molecular flexibility index (Phi) is 7.17. The van der Waals surface area contributed by atoms with Crippen molar-refractivity contribution in [2.45, 2.75) is 6.42 Å². The van der Waals surface area contributed by atoms with Crippen molar-refractivity contribution in [3.63, 3.8) is 0 Å². The third kappa shape index (κ3) is 5.20. The topological polar surface area (TPSA) is 95.8 Å². The summed E-state index contributed by atoms with van der Waals surface area (Å²) < 4.78 is 7.44. The predicted molar refractivity (Wildman–Crippen MR) is 142 cm³/mol. The number of fused-ring (bicyclic) bond motifs is 1. The quantitative estimate of drug-likeness (QED) is 0.335. The second kappa shape index (κ2) is 10.7. The number of nitrogens with zero attached hydrogens (tertiary/aromatic N) is 5. The molecule has 36 heavy (non-hydrogen) atoms. The van der Waals surface area contributed by atoms with E-state index in [-0.39, 0.29) is 18.1 Å². The monoisotopic (exact) mass is 506 g/mol. The summed E-state index contributed by atoms with van der Waals surface area (Å²) in [5.74, 6) is 0.759. The minimum atomic E-state index is -0.0744. The highest BCUT2D eigenvalue weighted by Gasteiger charge is 2.20. The molecule has 0 atom stereocenters. The number of aromatic nitrogens is 3. The molecule has 0 radical (unpaired) electrons. The Balaban J connectivity index is 1.33. The number of rotatable bonds is 9. The van der Waals surface area contributed by atoms with Crippen LogP contribution >= 0.6 is 11.3 Å². The van der Waals surface area contributed by atoms with E-state index >= 15 is 0 Å². The molecule has 5 rings (SSSR count). The third-order valence-corrected chi connectivity index (χ3v) is 7.08. The van der Waals surface area contributed by atoms with Crippen molar-refractivity contribution >= 4 is 33.6 Å². The molecule has 4 aromatic rings. The lowest BCUT2D eigenvalue weighted by molar-refractivity contribution is 0.0988. The summed E-state index contributed by atoms with van der Waals surface area (Å²) in [6.45, 7) is 5.03. The maximum Gasteiger partial charge on any atom is 0.205 e. The zero-order valence-corrected chi connectivity index (χ0v) is 21.3. The predicted octanol–water partition coefficient (Wildman–Crippen LogP) is 2.96. The normalized spacial score (nSPS) is 14.0. The highest BCUT2D eigenvalue weighted by molar-refractivity contribution is 7.12. The first-order chi connectivity index (χ1) is 17.5. The van der Waals surface area contributed by atoms with Crippen molar-refractivity contribution in [2.75, 3.05) is 58.3 Å². The van der Waals surface area contributed by atoms with Gasteiger partial charge in [-0.1, -0.05) is 0 Å². The zero-order chi connectivity index (χ0) is 25.1. The number of carbonyl (C=O) groups is 1. The van der Waals surface area contributed by atoms with Crippen molar-refractivity contribution in [2.24, 2.45) is 0 Å². The van der Waals surface area contributed by atoms with Gasteiger partial charge in [-0.15, -0.1) is 11.3 Å². The molecule has 1 fully saturated rings. The second-order valence-electron chi connectivity index (χ2n) is 9.08. The maximum atomic E-state index is 13.1. The Bertz CT molecular complexity index is 1360. The zero-order valence-electron chi connectivity index (χ0n) is 20.5. The molecule has 0 unspecified atom stereocenters. The van der Waals surface area contributed by atoms with Gasteiger partial charge < -0.3 is 25.0 Å². The van der Waals surface area contributed by atoms with Crippen molar-refractivity contribution in [1.29, 1.82) is 0 Å². The number of carbonyl (C=O) groups excluding carboxylic acids is 1. The summed E-state index contributed by atoms with van der Waals surface area (Å²) >= 11 is 1.32. The number of likely N-dealkylation sites (N-methyl/N-ethyl adjacent to an activating group) is 1. The number of piperazine rings is 1. The van der Waals surface area contributed by atoms with Crippen LogP contribution < -0.4 is 15.0 Å². The SMILES string of the molecule is CN(C)CCOc1ccc2c(O)n(-c3nc(C(=O)Cc4cnccc4N4CCNCC4)cs3)cc2c1. The number of Topliss-reactive ketones (excluding diaryl/α,β-unsaturated/α-hetero) is 1. The number of ketones is 1. The van der Waals surface area contributed by atoms with Gasteiger partial charge >= 0.3 is 0 Å². The fourth-order valence-electron chi connectivity index (χ4n) is 4.30. The molecule has 10 heteroatoms. The second-order valence-corrected chi connectivity index (χ2v) is 9.92. The highest BCUT2D eigenvalue weighted by atomic mass is 32.1. The molecule has 1 aliphatic heterocycles. The van der Waals surface area contributed by atoms with Crippen LogP contribution in [0.1, 0.15) is 16.1 Å². The average molecular weight is 507 g/mol. The number of hydrogen-bond acceptors (Lipinski definition) is 9. The van der Waals surface area contributed by atoms with Crippen LogP contribution in [0.3, 0.4) is 0 Å². The van der Waals surface area contributed by atoms with E-state index in [0.717, 1.165) is 55.1 Å². The minimum Gasteiger partial charge on any atom is -0.494 e. The minimum absolute atomic E-state index is 0.0744. The number of hydrogen-bond donors (Lipinski definition) is 2. The summed E-state index contributed by atoms with van der Waals surface area (Å²) in [5.41, 5.74) is 2.33. The first-order valence-corrected chi connectivity index (χ1v) is 12.9. The maximum absolute atomic E-state index is 13.1. The van der Waals surface area contributed by atoms with Gasteiger partial charge in [0.25, 0.3) is 0 Å². The molecule has 3 aromatic heterocycles. The van der Waals surface area contributed by atoms with Crippen molar-refractivity contribution in [1.82, 2.24) is 24.8 Å². The number of thiazole rings is 1. The largest absolute Gasteiger partial charge is 0.494 e. The van der Waals surface area contributed by atoms with Crippen LogP contribution in [0.2, 0.25) is 0 Å². The summed E-state index contributed by atoms with van der Waals surface area (Å²) in [6, 6.07) is 7.57. The van der Waals surface area contributed by atoms with Crippen LogP contribution in [0.4, 0.5) is 5.69 Å². The molecule has 0 saturated carbocycles. The van der Waals surface area contributed by atoms with Crippen LogP contribution in [-0.2, 0) is 6.42 Å². The van der Waals surface area contributed by atoms with Gasteiger partial charge in [0.05, 0.1) is 0 Å². The van der Waals surface area contributed by atoms with Gasteiger partial charge in [-0.25, -0.2) is 4.98 Å². The van der Waals surface area contributed by atoms with Gasteiger partial charge in [0, 0.05) is 85.1 Å². The van der Waals surface area contributed by atoms with Crippen LogP contribution in [0.5, 0.6) is 11.6 Å². The number of nitrogens with one attached hydrogen (secondary N) is 1. The molecule has 188 valence electrons. The van der Waals surface area contributed by atoms with Crippen molar-refractivity contribution in [3.8, 4) is 16.8 Å². The van der Waals surface area contributed by atoms with E-state index in [9.17, 15) is 9.90 Å². The van der Waals surface area contributed by atoms with Gasteiger partial charge in [-0.2, -0.15) is 0 Å². The highest BCUT2D eigenvalue weighted by Crippen LogP contribution is 2.33. The van der Waals surface area contributed by atoms with Gasteiger partial charge in [-0.05, 0) is 38.4 Å². The molecular weight excluding hydrogens is 476 g/mol. The smallest absolute Gasteiger partial charge is 0.205 e. The first-order valence-electron chi connectivity index (χ1n) is 12.0. The summed E-state index contributed by atoms with van der Waals surface area (Å²) in [5, 5.41) is 18.0. The molecule has 9 nitrogen and oxygen atoms in total. The third-order valence-electron chi connectivity index (χ3n) is 6.24. The van der Waals surface area contributed by atoms with Gasteiger partial charge in [0.15, 0.2) is 10.9 Å². The van der Waals surface area contributed by atoms with E-state index < -0.39 is 0 Å². The molecule has 1 aliphatic rings. The molecule has 0 spiro atoms. The van der Waals surface area contributed by atoms with Gasteiger partial charge in [-0.3, -0.25) is 14.3 Å². The number of aromatic hydroxyl groups is 1. The van der Waals surface area contributed by atoms with E-state index in [1.807, 2.05) is 44.6 Å². The van der Waals surface area contributed by atoms with Crippen molar-refractivity contribution in [3.05, 3.63) is 59.5 Å². The molecule has 1 saturated heterocycles. The molecular formula is C26H30N6O3S. The van der Waals surface area contributed by atoms with Crippen molar-refractivity contribution < 1.29 is 14.6 Å². The first kappa shape index (κ1) is 24.2. The Morgan fingerprint density at radius 2 is 2.08 bits per heavy atom. The van der Waals surface area contributed by atoms with Crippen LogP contribution in [-0.4, -0.2) is 83.8 Å². The van der Waals surface area contributed by atoms with E-state index in [1.54, 1.807) is 22.3 Å². The molecule has 0 aliphatic carbocycles.